The molecule has 1 atom stereocenters. The molecule has 0 aliphatic rings. The van der Waals surface area contributed by atoms with Gasteiger partial charge in [-0.3, -0.25) is 4.79 Å². The molecule has 1 amide bonds. The molecule has 0 spiro atoms. The zero-order valence-corrected chi connectivity index (χ0v) is 15.7. The van der Waals surface area contributed by atoms with Gasteiger partial charge in [-0.15, -0.1) is 0 Å². The van der Waals surface area contributed by atoms with Crippen LogP contribution in [0.5, 0.6) is 5.75 Å². The van der Waals surface area contributed by atoms with Crippen LogP contribution in [0.1, 0.15) is 23.6 Å². The van der Waals surface area contributed by atoms with E-state index in [2.05, 4.69) is 10.2 Å². The second-order valence-electron chi connectivity index (χ2n) is 6.16. The summed E-state index contributed by atoms with van der Waals surface area (Å²) in [5.41, 5.74) is 2.10. The SMILES string of the molecule is COc1cccc(CCC(=O)NCC(c2ccccc2Cl)N(C)C)c1. The average Bonchev–Trinajstić information content (AvgIpc) is 2.61. The van der Waals surface area contributed by atoms with Crippen LogP contribution in [0.3, 0.4) is 0 Å². The molecule has 134 valence electrons. The molecule has 0 saturated heterocycles. The summed E-state index contributed by atoms with van der Waals surface area (Å²) >= 11 is 6.30. The minimum atomic E-state index is 0.0294. The van der Waals surface area contributed by atoms with Gasteiger partial charge >= 0.3 is 0 Å². The Kier molecular flexibility index (Phi) is 7.29. The molecule has 0 saturated carbocycles. The van der Waals surface area contributed by atoms with Crippen molar-refractivity contribution in [3.8, 4) is 5.75 Å². The number of carbonyl (C=O) groups is 1. The highest BCUT2D eigenvalue weighted by Crippen LogP contribution is 2.25. The van der Waals surface area contributed by atoms with Crippen molar-refractivity contribution < 1.29 is 9.53 Å². The molecule has 0 heterocycles. The first kappa shape index (κ1) is 19.3. The first-order valence-electron chi connectivity index (χ1n) is 8.31. The molecule has 0 aliphatic heterocycles. The monoisotopic (exact) mass is 360 g/mol. The molecule has 2 rings (SSSR count). The fourth-order valence-corrected chi connectivity index (χ4v) is 2.96. The second kappa shape index (κ2) is 9.44. The number of halogens is 1. The molecule has 2 aromatic carbocycles. The zero-order chi connectivity index (χ0) is 18.2. The number of carbonyl (C=O) groups excluding carboxylic acids is 1. The van der Waals surface area contributed by atoms with Crippen molar-refractivity contribution >= 4 is 17.5 Å². The third-order valence-electron chi connectivity index (χ3n) is 4.16. The van der Waals surface area contributed by atoms with E-state index in [0.29, 0.717) is 24.4 Å². The number of hydrogen-bond donors (Lipinski definition) is 1. The van der Waals surface area contributed by atoms with E-state index in [-0.39, 0.29) is 11.9 Å². The summed E-state index contributed by atoms with van der Waals surface area (Å²) < 4.78 is 5.21. The molecule has 0 radical (unpaired) electrons. The highest BCUT2D eigenvalue weighted by Gasteiger charge is 2.17. The maximum atomic E-state index is 12.2. The van der Waals surface area contributed by atoms with Gasteiger partial charge in [0.05, 0.1) is 13.2 Å². The Labute approximate surface area is 154 Å². The highest BCUT2D eigenvalue weighted by molar-refractivity contribution is 6.31. The number of hydrogen-bond acceptors (Lipinski definition) is 3. The summed E-state index contributed by atoms with van der Waals surface area (Å²) in [7, 11) is 5.61. The number of nitrogens with zero attached hydrogens (tertiary/aromatic N) is 1. The normalized spacial score (nSPS) is 12.0. The van der Waals surface area contributed by atoms with Crippen LogP contribution in [-0.2, 0) is 11.2 Å². The van der Waals surface area contributed by atoms with Gasteiger partial charge in [-0.2, -0.15) is 0 Å². The summed E-state index contributed by atoms with van der Waals surface area (Å²) in [6.07, 6.45) is 1.12. The van der Waals surface area contributed by atoms with E-state index in [1.807, 2.05) is 62.6 Å². The molecule has 4 nitrogen and oxygen atoms in total. The Bertz CT molecular complexity index is 704. The summed E-state index contributed by atoms with van der Waals surface area (Å²) in [4.78, 5) is 14.3. The average molecular weight is 361 g/mol. The highest BCUT2D eigenvalue weighted by atomic mass is 35.5. The molecule has 0 fully saturated rings. The van der Waals surface area contributed by atoms with Crippen LogP contribution in [0, 0.1) is 0 Å². The molecule has 0 aliphatic carbocycles. The van der Waals surface area contributed by atoms with Gasteiger partial charge in [0.2, 0.25) is 5.91 Å². The van der Waals surface area contributed by atoms with Gasteiger partial charge in [0.15, 0.2) is 0 Å². The van der Waals surface area contributed by atoms with Gasteiger partial charge in [-0.05, 0) is 49.8 Å². The van der Waals surface area contributed by atoms with Crippen molar-refractivity contribution in [1.29, 1.82) is 0 Å². The number of aryl methyl sites for hydroxylation is 1. The van der Waals surface area contributed by atoms with Crippen LogP contribution in [0.2, 0.25) is 5.02 Å². The maximum Gasteiger partial charge on any atom is 0.220 e. The molecule has 0 aromatic heterocycles. The topological polar surface area (TPSA) is 41.6 Å². The van der Waals surface area contributed by atoms with E-state index >= 15 is 0 Å². The predicted molar refractivity (Wildman–Crippen MR) is 102 cm³/mol. The van der Waals surface area contributed by atoms with Crippen molar-refractivity contribution in [1.82, 2.24) is 10.2 Å². The van der Waals surface area contributed by atoms with Crippen LogP contribution < -0.4 is 10.1 Å². The number of methoxy groups -OCH3 is 1. The molecule has 0 bridgehead atoms. The molecular formula is C20H25ClN2O2. The van der Waals surface area contributed by atoms with Crippen molar-refractivity contribution in [2.75, 3.05) is 27.7 Å². The molecular weight excluding hydrogens is 336 g/mol. The van der Waals surface area contributed by atoms with E-state index in [9.17, 15) is 4.79 Å². The largest absolute Gasteiger partial charge is 0.497 e. The van der Waals surface area contributed by atoms with Crippen LogP contribution in [0.15, 0.2) is 48.5 Å². The number of benzene rings is 2. The van der Waals surface area contributed by atoms with Crippen molar-refractivity contribution in [3.05, 3.63) is 64.7 Å². The standard InChI is InChI=1S/C20H25ClN2O2/c1-23(2)19(17-9-4-5-10-18(17)21)14-22-20(24)12-11-15-7-6-8-16(13-15)25-3/h4-10,13,19H,11-12,14H2,1-3H3,(H,22,24). The zero-order valence-electron chi connectivity index (χ0n) is 15.0. The minimum absolute atomic E-state index is 0.0294. The molecule has 1 N–H and O–H groups in total. The fourth-order valence-electron chi connectivity index (χ4n) is 2.70. The number of amides is 1. The molecule has 25 heavy (non-hydrogen) atoms. The Morgan fingerprint density at radius 1 is 1.20 bits per heavy atom. The number of ether oxygens (including phenoxy) is 1. The smallest absolute Gasteiger partial charge is 0.220 e. The van der Waals surface area contributed by atoms with E-state index < -0.39 is 0 Å². The Balaban J connectivity index is 1.90. The van der Waals surface area contributed by atoms with Crippen LogP contribution in [0.4, 0.5) is 0 Å². The lowest BCUT2D eigenvalue weighted by Gasteiger charge is -2.26. The van der Waals surface area contributed by atoms with Gasteiger partial charge in [-0.25, -0.2) is 0 Å². The summed E-state index contributed by atoms with van der Waals surface area (Å²) in [6.45, 7) is 0.522. The van der Waals surface area contributed by atoms with Gasteiger partial charge < -0.3 is 15.0 Å². The molecule has 1 unspecified atom stereocenters. The first-order chi connectivity index (χ1) is 12.0. The Hall–Kier alpha value is -2.04. The van der Waals surface area contributed by atoms with Crippen LogP contribution in [-0.4, -0.2) is 38.6 Å². The Morgan fingerprint density at radius 3 is 2.64 bits per heavy atom. The predicted octanol–water partition coefficient (Wildman–Crippen LogP) is 3.70. The summed E-state index contributed by atoms with van der Waals surface area (Å²) in [5, 5.41) is 3.73. The number of nitrogens with one attached hydrogen (secondary N) is 1. The van der Waals surface area contributed by atoms with Crippen LogP contribution >= 0.6 is 11.6 Å². The summed E-state index contributed by atoms with van der Waals surface area (Å²) in [6, 6.07) is 15.6. The van der Waals surface area contributed by atoms with E-state index in [1.54, 1.807) is 7.11 Å². The number of likely N-dealkylation sites (N-methyl/N-ethyl adjacent to an activating group) is 1. The van der Waals surface area contributed by atoms with E-state index in [4.69, 9.17) is 16.3 Å². The lowest BCUT2D eigenvalue weighted by molar-refractivity contribution is -0.121. The quantitative estimate of drug-likeness (QED) is 0.780. The first-order valence-corrected chi connectivity index (χ1v) is 8.69. The third kappa shape index (κ3) is 5.76. The summed E-state index contributed by atoms with van der Waals surface area (Å²) in [5.74, 6) is 0.839. The lowest BCUT2D eigenvalue weighted by Crippen LogP contribution is -2.34. The lowest BCUT2D eigenvalue weighted by atomic mass is 10.1. The van der Waals surface area contributed by atoms with E-state index in [1.165, 1.54) is 0 Å². The van der Waals surface area contributed by atoms with Gasteiger partial charge in [0, 0.05) is 18.0 Å². The van der Waals surface area contributed by atoms with Crippen LogP contribution in [0.25, 0.3) is 0 Å². The van der Waals surface area contributed by atoms with Crippen molar-refractivity contribution in [2.24, 2.45) is 0 Å². The molecule has 5 heteroatoms. The van der Waals surface area contributed by atoms with Gasteiger partial charge in [0.25, 0.3) is 0 Å². The van der Waals surface area contributed by atoms with Gasteiger partial charge in [-0.1, -0.05) is 41.9 Å². The second-order valence-corrected chi connectivity index (χ2v) is 6.56. The third-order valence-corrected chi connectivity index (χ3v) is 4.50. The van der Waals surface area contributed by atoms with E-state index in [0.717, 1.165) is 16.9 Å². The fraction of sp³-hybridized carbons (Fsp3) is 0.350. The number of rotatable bonds is 8. The maximum absolute atomic E-state index is 12.2. The minimum Gasteiger partial charge on any atom is -0.497 e. The van der Waals surface area contributed by atoms with Gasteiger partial charge in [0.1, 0.15) is 5.75 Å². The van der Waals surface area contributed by atoms with Crippen molar-refractivity contribution in [3.63, 3.8) is 0 Å². The molecule has 2 aromatic rings. The van der Waals surface area contributed by atoms with Crippen molar-refractivity contribution in [2.45, 2.75) is 18.9 Å². The Morgan fingerprint density at radius 2 is 1.96 bits per heavy atom.